The summed E-state index contributed by atoms with van der Waals surface area (Å²) in [5.74, 6) is -1.94. The van der Waals surface area contributed by atoms with Crippen LogP contribution < -0.4 is 10.6 Å². The van der Waals surface area contributed by atoms with Gasteiger partial charge in [-0.1, -0.05) is 6.07 Å². The second-order valence-electron chi connectivity index (χ2n) is 6.33. The molecule has 3 aromatic rings. The van der Waals surface area contributed by atoms with Crippen LogP contribution in [0.3, 0.4) is 0 Å². The highest BCUT2D eigenvalue weighted by Gasteiger charge is 2.34. The van der Waals surface area contributed by atoms with Crippen LogP contribution in [-0.2, 0) is 6.18 Å². The zero-order valence-corrected chi connectivity index (χ0v) is 15.7. The van der Waals surface area contributed by atoms with Crippen LogP contribution in [-0.4, -0.2) is 45.3 Å². The van der Waals surface area contributed by atoms with Crippen LogP contribution in [0.1, 0.15) is 16.1 Å². The van der Waals surface area contributed by atoms with Gasteiger partial charge in [0.15, 0.2) is 5.76 Å². The molecule has 0 radical (unpaired) electrons. The fourth-order valence-electron chi connectivity index (χ4n) is 2.45. The number of rotatable bonds is 7. The topological polar surface area (TPSA) is 121 Å². The zero-order valence-electron chi connectivity index (χ0n) is 15.7. The van der Waals surface area contributed by atoms with Gasteiger partial charge in [0.25, 0.3) is 11.9 Å². The summed E-state index contributed by atoms with van der Waals surface area (Å²) in [5.41, 5.74) is -0.862. The van der Waals surface area contributed by atoms with Gasteiger partial charge in [0.05, 0.1) is 36.4 Å². The molecule has 8 nitrogen and oxygen atoms in total. The number of aliphatic hydroxyl groups is 2. The molecule has 0 bridgehead atoms. The molecule has 164 valence electrons. The number of nitrogens with one attached hydrogen (secondary N) is 2. The third-order valence-electron chi connectivity index (χ3n) is 4.02. The highest BCUT2D eigenvalue weighted by Crippen LogP contribution is 2.34. The number of pyridine rings is 1. The van der Waals surface area contributed by atoms with E-state index >= 15 is 0 Å². The van der Waals surface area contributed by atoms with Crippen molar-refractivity contribution in [1.29, 1.82) is 0 Å². The number of hydrogen-bond donors (Lipinski definition) is 4. The predicted octanol–water partition coefficient (Wildman–Crippen LogP) is 2.72. The van der Waals surface area contributed by atoms with E-state index in [0.717, 1.165) is 6.07 Å². The van der Waals surface area contributed by atoms with Gasteiger partial charge in [-0.05, 0) is 24.3 Å². The van der Waals surface area contributed by atoms with Gasteiger partial charge in [0.2, 0.25) is 0 Å². The number of benzene rings is 1. The van der Waals surface area contributed by atoms with Crippen LogP contribution >= 0.6 is 0 Å². The van der Waals surface area contributed by atoms with Crippen molar-refractivity contribution in [2.75, 3.05) is 18.5 Å². The van der Waals surface area contributed by atoms with E-state index in [4.69, 9.17) is 9.52 Å². The Morgan fingerprint density at radius 2 is 1.94 bits per heavy atom. The summed E-state index contributed by atoms with van der Waals surface area (Å²) in [4.78, 5) is 19.8. The summed E-state index contributed by atoms with van der Waals surface area (Å²) < 4.78 is 57.1. The number of carbonyl (C=O) groups excluding carboxylic acids is 1. The highest BCUT2D eigenvalue weighted by molar-refractivity contribution is 5.92. The summed E-state index contributed by atoms with van der Waals surface area (Å²) in [5, 5.41) is 23.1. The Morgan fingerprint density at radius 1 is 1.16 bits per heavy atom. The molecule has 2 aromatic heterocycles. The molecule has 0 unspecified atom stereocenters. The Balaban J connectivity index is 1.66. The molecule has 12 heteroatoms. The van der Waals surface area contributed by atoms with Gasteiger partial charge in [-0.3, -0.25) is 4.79 Å². The van der Waals surface area contributed by atoms with Crippen molar-refractivity contribution in [1.82, 2.24) is 15.3 Å². The van der Waals surface area contributed by atoms with Crippen LogP contribution in [0.5, 0.6) is 0 Å². The van der Waals surface area contributed by atoms with Crippen LogP contribution in [0, 0.1) is 5.82 Å². The first-order chi connectivity index (χ1) is 14.7. The van der Waals surface area contributed by atoms with E-state index < -0.39 is 36.2 Å². The molecule has 0 aliphatic heterocycles. The van der Waals surface area contributed by atoms with Crippen molar-refractivity contribution < 1.29 is 37.0 Å². The van der Waals surface area contributed by atoms with Gasteiger partial charge in [0, 0.05) is 12.1 Å². The number of halogens is 4. The lowest BCUT2D eigenvalue weighted by atomic mass is 10.1. The molecule has 0 fully saturated rings. The van der Waals surface area contributed by atoms with Gasteiger partial charge >= 0.3 is 6.18 Å². The number of amides is 1. The van der Waals surface area contributed by atoms with Gasteiger partial charge in [-0.25, -0.2) is 14.4 Å². The average Bonchev–Trinajstić information content (AvgIpc) is 3.19. The third kappa shape index (κ3) is 5.55. The maximum atomic E-state index is 13.7. The van der Waals surface area contributed by atoms with Gasteiger partial charge in [-0.15, -0.1) is 0 Å². The van der Waals surface area contributed by atoms with Gasteiger partial charge < -0.3 is 25.3 Å². The molecule has 0 saturated carbocycles. The number of hydrogen-bond acceptors (Lipinski definition) is 7. The van der Waals surface area contributed by atoms with Crippen molar-refractivity contribution in [2.24, 2.45) is 0 Å². The quantitative estimate of drug-likeness (QED) is 0.417. The van der Waals surface area contributed by atoms with Crippen molar-refractivity contribution >= 4 is 17.6 Å². The molecule has 0 saturated heterocycles. The molecule has 4 N–H and O–H groups in total. The number of aromatic nitrogens is 2. The van der Waals surface area contributed by atoms with E-state index in [0.29, 0.717) is 17.8 Å². The van der Waals surface area contributed by atoms with E-state index in [1.165, 1.54) is 24.5 Å². The van der Waals surface area contributed by atoms with Gasteiger partial charge in [0.1, 0.15) is 11.5 Å². The first-order valence-electron chi connectivity index (χ1n) is 8.80. The highest BCUT2D eigenvalue weighted by atomic mass is 19.4. The van der Waals surface area contributed by atoms with E-state index in [-0.39, 0.29) is 29.6 Å². The average molecular weight is 440 g/mol. The second kappa shape index (κ2) is 9.10. The Hall–Kier alpha value is -3.51. The number of carbonyl (C=O) groups is 1. The maximum Gasteiger partial charge on any atom is 0.419 e. The molecule has 1 atom stereocenters. The number of nitrogens with zero attached hydrogens (tertiary/aromatic N) is 2. The SMILES string of the molecule is O=C(NC[C@@H](O)CO)c1ccc(Nc2ncc(-c3ccc(C(F)(F)F)c(F)c3)o2)cn1. The normalized spacial score (nSPS) is 12.5. The zero-order chi connectivity index (χ0) is 22.6. The Morgan fingerprint density at radius 3 is 2.55 bits per heavy atom. The van der Waals surface area contributed by atoms with Crippen LogP contribution in [0.15, 0.2) is 47.1 Å². The van der Waals surface area contributed by atoms with Crippen molar-refractivity contribution in [3.05, 3.63) is 59.8 Å². The van der Waals surface area contributed by atoms with Gasteiger partial charge in [-0.2, -0.15) is 13.2 Å². The predicted molar refractivity (Wildman–Crippen MR) is 99.8 cm³/mol. The van der Waals surface area contributed by atoms with Crippen molar-refractivity contribution in [3.63, 3.8) is 0 Å². The minimum Gasteiger partial charge on any atom is -0.423 e. The van der Waals surface area contributed by atoms with Crippen LogP contribution in [0.4, 0.5) is 29.3 Å². The van der Waals surface area contributed by atoms with Crippen LogP contribution in [0.2, 0.25) is 0 Å². The summed E-state index contributed by atoms with van der Waals surface area (Å²) in [6.45, 7) is -0.630. The molecule has 2 heterocycles. The largest absolute Gasteiger partial charge is 0.423 e. The summed E-state index contributed by atoms with van der Waals surface area (Å²) >= 11 is 0. The Labute approximate surface area is 172 Å². The third-order valence-corrected chi connectivity index (χ3v) is 4.02. The smallest absolute Gasteiger partial charge is 0.419 e. The molecule has 1 amide bonds. The van der Waals surface area contributed by atoms with Crippen molar-refractivity contribution in [3.8, 4) is 11.3 Å². The minimum absolute atomic E-state index is 0.0274. The number of aliphatic hydroxyl groups excluding tert-OH is 2. The maximum absolute atomic E-state index is 13.7. The molecule has 31 heavy (non-hydrogen) atoms. The first kappa shape index (κ1) is 22.2. The fourth-order valence-corrected chi connectivity index (χ4v) is 2.45. The minimum atomic E-state index is -4.80. The molecule has 0 aliphatic rings. The number of alkyl halides is 3. The summed E-state index contributed by atoms with van der Waals surface area (Å²) in [7, 11) is 0. The summed E-state index contributed by atoms with van der Waals surface area (Å²) in [6, 6.07) is 5.24. The lowest BCUT2D eigenvalue weighted by Gasteiger charge is -2.09. The second-order valence-corrected chi connectivity index (χ2v) is 6.33. The van der Waals surface area contributed by atoms with E-state index in [1.54, 1.807) is 0 Å². The van der Waals surface area contributed by atoms with E-state index in [9.17, 15) is 27.5 Å². The molecular weight excluding hydrogens is 424 g/mol. The number of anilines is 2. The summed E-state index contributed by atoms with van der Waals surface area (Å²) in [6.07, 6.45) is -3.36. The Kier molecular flexibility index (Phi) is 6.51. The first-order valence-corrected chi connectivity index (χ1v) is 8.80. The molecule has 0 aliphatic carbocycles. The monoisotopic (exact) mass is 440 g/mol. The molecule has 0 spiro atoms. The molecule has 3 rings (SSSR count). The van der Waals surface area contributed by atoms with Crippen molar-refractivity contribution in [2.45, 2.75) is 12.3 Å². The standard InChI is InChI=1S/C19H16F4N4O4/c20-14-5-10(1-3-13(14)19(21,22)23)16-8-26-18(31-16)27-11-2-4-15(24-6-11)17(30)25-7-12(29)9-28/h1-6,8,12,28-29H,7,9H2,(H,25,30)(H,26,27)/t12-/m1/s1. The van der Waals surface area contributed by atoms with E-state index in [1.807, 2.05) is 0 Å². The fraction of sp³-hybridized carbons (Fsp3) is 0.211. The Bertz CT molecular complexity index is 1050. The van der Waals surface area contributed by atoms with E-state index in [2.05, 4.69) is 20.6 Å². The molecule has 1 aromatic carbocycles. The molecular formula is C19H16F4N4O4. The van der Waals surface area contributed by atoms with Crippen LogP contribution in [0.25, 0.3) is 11.3 Å². The lowest BCUT2D eigenvalue weighted by molar-refractivity contribution is -0.139. The number of oxazole rings is 1. The lowest BCUT2D eigenvalue weighted by Crippen LogP contribution is -2.34.